The molecule has 98 valence electrons. The Morgan fingerprint density at radius 3 is 2.56 bits per heavy atom. The lowest BCUT2D eigenvalue weighted by Crippen LogP contribution is -2.40. The van der Waals surface area contributed by atoms with Crippen molar-refractivity contribution in [3.8, 4) is 0 Å². The number of amides is 1. The molecule has 1 aliphatic rings. The molecule has 1 saturated heterocycles. The van der Waals surface area contributed by atoms with Crippen LogP contribution in [0.1, 0.15) is 30.9 Å². The maximum atomic E-state index is 12.0. The number of carbonyl (C=O) groups is 1. The minimum atomic E-state index is -0.249. The van der Waals surface area contributed by atoms with Crippen LogP contribution in [0.3, 0.4) is 0 Å². The predicted octanol–water partition coefficient (Wildman–Crippen LogP) is 3.00. The van der Waals surface area contributed by atoms with Crippen LogP contribution in [-0.4, -0.2) is 23.9 Å². The molecule has 0 spiro atoms. The minimum Gasteiger partial charge on any atom is -0.337 e. The molecule has 0 saturated carbocycles. The molecule has 5 heteroatoms. The Kier molecular flexibility index (Phi) is 4.15. The van der Waals surface area contributed by atoms with Gasteiger partial charge >= 0.3 is 0 Å². The number of nitrogens with zero attached hydrogens (tertiary/aromatic N) is 1. The van der Waals surface area contributed by atoms with E-state index in [0.717, 1.165) is 18.4 Å². The normalized spacial score (nSPS) is 25.1. The molecule has 1 aromatic carbocycles. The molecule has 0 aliphatic carbocycles. The van der Waals surface area contributed by atoms with Crippen molar-refractivity contribution in [2.75, 3.05) is 7.05 Å². The predicted molar refractivity (Wildman–Crippen MR) is 73.8 cm³/mol. The molecule has 2 unspecified atom stereocenters. The molecule has 1 amide bonds. The monoisotopic (exact) mass is 286 g/mol. The Labute approximate surface area is 117 Å². The van der Waals surface area contributed by atoms with Crippen molar-refractivity contribution in [2.45, 2.75) is 31.3 Å². The van der Waals surface area contributed by atoms with Gasteiger partial charge in [0.25, 0.3) is 0 Å². The summed E-state index contributed by atoms with van der Waals surface area (Å²) in [6, 6.07) is 4.95. The fourth-order valence-electron chi connectivity index (χ4n) is 2.47. The number of likely N-dealkylation sites (tertiary alicyclic amines) is 1. The first kappa shape index (κ1) is 13.7. The van der Waals surface area contributed by atoms with Crippen LogP contribution in [0.5, 0.6) is 0 Å². The SMILES string of the molecule is CN1C(=O)CCCC(N)C1c1c(Cl)cccc1Cl. The van der Waals surface area contributed by atoms with E-state index in [-0.39, 0.29) is 18.0 Å². The Bertz CT molecular complexity index is 444. The molecule has 2 N–H and O–H groups in total. The van der Waals surface area contributed by atoms with Crippen LogP contribution < -0.4 is 5.73 Å². The summed E-state index contributed by atoms with van der Waals surface area (Å²) in [4.78, 5) is 13.6. The number of hydrogen-bond donors (Lipinski definition) is 1. The minimum absolute atomic E-state index is 0.0870. The van der Waals surface area contributed by atoms with E-state index < -0.39 is 0 Å². The van der Waals surface area contributed by atoms with Crippen LogP contribution in [0.2, 0.25) is 10.0 Å². The highest BCUT2D eigenvalue weighted by atomic mass is 35.5. The van der Waals surface area contributed by atoms with E-state index in [1.165, 1.54) is 0 Å². The molecule has 1 heterocycles. The van der Waals surface area contributed by atoms with Gasteiger partial charge in [0.1, 0.15) is 0 Å². The standard InChI is InChI=1S/C13H16Cl2N2O/c1-17-11(18)7-3-6-10(16)13(17)12-8(14)4-2-5-9(12)15/h2,4-5,10,13H,3,6-7,16H2,1H3. The summed E-state index contributed by atoms with van der Waals surface area (Å²) < 4.78 is 0. The highest BCUT2D eigenvalue weighted by Gasteiger charge is 2.32. The third-order valence-electron chi connectivity index (χ3n) is 3.44. The van der Waals surface area contributed by atoms with Crippen molar-refractivity contribution >= 4 is 29.1 Å². The van der Waals surface area contributed by atoms with Crippen LogP contribution >= 0.6 is 23.2 Å². The zero-order chi connectivity index (χ0) is 13.3. The van der Waals surface area contributed by atoms with Crippen LogP contribution in [0.25, 0.3) is 0 Å². The maximum Gasteiger partial charge on any atom is 0.222 e. The Morgan fingerprint density at radius 2 is 1.94 bits per heavy atom. The summed E-state index contributed by atoms with van der Waals surface area (Å²) in [5.74, 6) is 0.0870. The quantitative estimate of drug-likeness (QED) is 0.863. The third-order valence-corrected chi connectivity index (χ3v) is 4.10. The lowest BCUT2D eigenvalue weighted by molar-refractivity contribution is -0.131. The molecule has 3 nitrogen and oxygen atoms in total. The first-order valence-electron chi connectivity index (χ1n) is 5.97. The van der Waals surface area contributed by atoms with E-state index >= 15 is 0 Å². The highest BCUT2D eigenvalue weighted by Crippen LogP contribution is 2.37. The molecule has 0 aromatic heterocycles. The van der Waals surface area contributed by atoms with E-state index in [2.05, 4.69) is 0 Å². The summed E-state index contributed by atoms with van der Waals surface area (Å²) in [6.07, 6.45) is 2.13. The van der Waals surface area contributed by atoms with Crippen LogP contribution in [0.4, 0.5) is 0 Å². The fraction of sp³-hybridized carbons (Fsp3) is 0.462. The first-order valence-corrected chi connectivity index (χ1v) is 6.73. The molecule has 2 atom stereocenters. The third kappa shape index (κ3) is 2.48. The molecule has 0 bridgehead atoms. The summed E-state index contributed by atoms with van der Waals surface area (Å²) in [7, 11) is 1.76. The largest absolute Gasteiger partial charge is 0.337 e. The van der Waals surface area contributed by atoms with Crippen molar-refractivity contribution in [1.82, 2.24) is 4.90 Å². The number of benzene rings is 1. The molecule has 1 fully saturated rings. The summed E-state index contributed by atoms with van der Waals surface area (Å²) in [6.45, 7) is 0. The maximum absolute atomic E-state index is 12.0. The zero-order valence-corrected chi connectivity index (χ0v) is 11.7. The van der Waals surface area contributed by atoms with Gasteiger partial charge < -0.3 is 10.6 Å². The second kappa shape index (κ2) is 5.47. The average molecular weight is 287 g/mol. The highest BCUT2D eigenvalue weighted by molar-refractivity contribution is 6.36. The van der Waals surface area contributed by atoms with Gasteiger partial charge in [-0.3, -0.25) is 4.79 Å². The number of likely N-dealkylation sites (N-methyl/N-ethyl adjacent to an activating group) is 1. The lowest BCUT2D eigenvalue weighted by Gasteiger charge is -2.32. The van der Waals surface area contributed by atoms with E-state index in [1.54, 1.807) is 30.1 Å². The Balaban J connectivity index is 2.48. The molecule has 0 radical (unpaired) electrons. The number of hydrogen-bond acceptors (Lipinski definition) is 2. The molecule has 1 aromatic rings. The van der Waals surface area contributed by atoms with Crippen molar-refractivity contribution in [3.63, 3.8) is 0 Å². The molecule has 2 rings (SSSR count). The molecular formula is C13H16Cl2N2O. The molecule has 1 aliphatic heterocycles. The van der Waals surface area contributed by atoms with Crippen molar-refractivity contribution < 1.29 is 4.79 Å². The van der Waals surface area contributed by atoms with Gasteiger partial charge in [-0.05, 0) is 25.0 Å². The van der Waals surface area contributed by atoms with E-state index in [0.29, 0.717) is 16.5 Å². The van der Waals surface area contributed by atoms with Gasteiger partial charge in [0.05, 0.1) is 6.04 Å². The Hall–Kier alpha value is -0.770. The van der Waals surface area contributed by atoms with Gasteiger partial charge in [-0.1, -0.05) is 29.3 Å². The van der Waals surface area contributed by atoms with Crippen molar-refractivity contribution in [2.24, 2.45) is 5.73 Å². The van der Waals surface area contributed by atoms with Crippen molar-refractivity contribution in [3.05, 3.63) is 33.8 Å². The van der Waals surface area contributed by atoms with E-state index in [1.807, 2.05) is 0 Å². The second-order valence-electron chi connectivity index (χ2n) is 4.64. The summed E-state index contributed by atoms with van der Waals surface area (Å²) in [5, 5.41) is 1.12. The molecule has 18 heavy (non-hydrogen) atoms. The fourth-order valence-corrected chi connectivity index (χ4v) is 3.09. The smallest absolute Gasteiger partial charge is 0.222 e. The van der Waals surface area contributed by atoms with Gasteiger partial charge in [0.2, 0.25) is 5.91 Å². The number of nitrogens with two attached hydrogens (primary N) is 1. The van der Waals surface area contributed by atoms with Gasteiger partial charge in [-0.25, -0.2) is 0 Å². The van der Waals surface area contributed by atoms with E-state index in [4.69, 9.17) is 28.9 Å². The van der Waals surface area contributed by atoms with Gasteiger partial charge in [-0.15, -0.1) is 0 Å². The molecular weight excluding hydrogens is 271 g/mol. The average Bonchev–Trinajstić information content (AvgIpc) is 2.43. The number of rotatable bonds is 1. The van der Waals surface area contributed by atoms with E-state index in [9.17, 15) is 4.79 Å². The van der Waals surface area contributed by atoms with Crippen LogP contribution in [0.15, 0.2) is 18.2 Å². The van der Waals surface area contributed by atoms with Crippen LogP contribution in [0, 0.1) is 0 Å². The number of halogens is 2. The van der Waals surface area contributed by atoms with Gasteiger partial charge in [-0.2, -0.15) is 0 Å². The van der Waals surface area contributed by atoms with Crippen LogP contribution in [-0.2, 0) is 4.79 Å². The van der Waals surface area contributed by atoms with Gasteiger partial charge in [0.15, 0.2) is 0 Å². The van der Waals surface area contributed by atoms with Crippen molar-refractivity contribution in [1.29, 1.82) is 0 Å². The topological polar surface area (TPSA) is 46.3 Å². The zero-order valence-electron chi connectivity index (χ0n) is 10.2. The summed E-state index contributed by atoms with van der Waals surface area (Å²) in [5.41, 5.74) is 6.95. The summed E-state index contributed by atoms with van der Waals surface area (Å²) >= 11 is 12.4. The van der Waals surface area contributed by atoms with Gasteiger partial charge in [0, 0.05) is 35.1 Å². The lowest BCUT2D eigenvalue weighted by atomic mass is 9.96. The second-order valence-corrected chi connectivity index (χ2v) is 5.46. The number of carbonyl (C=O) groups excluding carboxylic acids is 1. The Morgan fingerprint density at radius 1 is 1.33 bits per heavy atom. The first-order chi connectivity index (χ1) is 8.52.